The maximum absolute atomic E-state index is 12.6. The second kappa shape index (κ2) is 12.1. The number of carbonyl (C=O) groups excluding carboxylic acids is 3. The molecule has 3 rings (SSSR count). The molecule has 0 saturated carbocycles. The minimum Gasteiger partial charge on any atom is -0.424 e. The van der Waals surface area contributed by atoms with E-state index in [0.29, 0.717) is 11.4 Å². The quantitative estimate of drug-likeness (QED) is 0.363. The summed E-state index contributed by atoms with van der Waals surface area (Å²) >= 11 is 3.26. The number of benzene rings is 2. The fraction of sp³-hybridized carbons (Fsp3) is 0.136. The lowest BCUT2D eigenvalue weighted by atomic mass is 10.1. The number of nitrogens with one attached hydrogen (secondary N) is 3. The Balaban J connectivity index is 0.00000408. The standard InChI is InChI=1S/C22H21BrN6O4.ClH/c1-12-9-15(7-8-18(12)33-22-25-10-14(23)11-26-22)27-21(32)29-20(31)16-5-3-4-6-17(16)28-19(30)13(2)24;/h3-11,13H,24H2,1-2H3,(H,28,30)(H2,27,29,31,32);1H. The summed E-state index contributed by atoms with van der Waals surface area (Å²) in [5.41, 5.74) is 7.09. The number of urea groups is 1. The fourth-order valence-corrected chi connectivity index (χ4v) is 2.87. The van der Waals surface area contributed by atoms with E-state index in [9.17, 15) is 14.4 Å². The fourth-order valence-electron chi connectivity index (χ4n) is 2.66. The predicted octanol–water partition coefficient (Wildman–Crippen LogP) is 4.01. The van der Waals surface area contributed by atoms with E-state index in [-0.39, 0.29) is 29.7 Å². The number of ether oxygens (including phenoxy) is 1. The van der Waals surface area contributed by atoms with Crippen LogP contribution in [0.2, 0.25) is 0 Å². The van der Waals surface area contributed by atoms with Gasteiger partial charge in [-0.2, -0.15) is 0 Å². The molecule has 1 heterocycles. The topological polar surface area (TPSA) is 148 Å². The van der Waals surface area contributed by atoms with Crippen molar-refractivity contribution in [1.82, 2.24) is 15.3 Å². The largest absolute Gasteiger partial charge is 0.424 e. The summed E-state index contributed by atoms with van der Waals surface area (Å²) in [4.78, 5) is 44.9. The van der Waals surface area contributed by atoms with Crippen molar-refractivity contribution in [3.63, 3.8) is 0 Å². The predicted molar refractivity (Wildman–Crippen MR) is 133 cm³/mol. The molecule has 0 radical (unpaired) electrons. The molecule has 1 aromatic heterocycles. The average molecular weight is 550 g/mol. The molecule has 0 spiro atoms. The minimum atomic E-state index is -0.755. The van der Waals surface area contributed by atoms with Crippen LogP contribution in [-0.4, -0.2) is 33.9 Å². The lowest BCUT2D eigenvalue weighted by Crippen LogP contribution is -2.36. The van der Waals surface area contributed by atoms with Crippen LogP contribution in [-0.2, 0) is 4.79 Å². The second-order valence-corrected chi connectivity index (χ2v) is 7.91. The third-order valence-electron chi connectivity index (χ3n) is 4.30. The van der Waals surface area contributed by atoms with Crippen LogP contribution in [0, 0.1) is 6.92 Å². The number of hydrogen-bond donors (Lipinski definition) is 4. The first-order chi connectivity index (χ1) is 15.7. The van der Waals surface area contributed by atoms with Crippen molar-refractivity contribution < 1.29 is 19.1 Å². The molecule has 0 aliphatic carbocycles. The number of para-hydroxylation sites is 1. The number of anilines is 2. The number of carbonyl (C=O) groups is 3. The van der Waals surface area contributed by atoms with E-state index in [4.69, 9.17) is 10.5 Å². The Kier molecular flexibility index (Phi) is 9.48. The van der Waals surface area contributed by atoms with Crippen LogP contribution in [0.1, 0.15) is 22.8 Å². The molecular weight excluding hydrogens is 528 g/mol. The van der Waals surface area contributed by atoms with Crippen LogP contribution in [0.3, 0.4) is 0 Å². The smallest absolute Gasteiger partial charge is 0.326 e. The Morgan fingerprint density at radius 2 is 1.74 bits per heavy atom. The average Bonchev–Trinajstić information content (AvgIpc) is 2.77. The van der Waals surface area contributed by atoms with E-state index >= 15 is 0 Å². The number of nitrogens with zero attached hydrogens (tertiary/aromatic N) is 2. The first-order valence-corrected chi connectivity index (χ1v) is 10.6. The molecule has 1 atom stereocenters. The van der Waals surface area contributed by atoms with Gasteiger partial charge in [-0.05, 0) is 65.7 Å². The van der Waals surface area contributed by atoms with Crippen LogP contribution in [0.15, 0.2) is 59.3 Å². The van der Waals surface area contributed by atoms with Gasteiger partial charge in [-0.25, -0.2) is 14.8 Å². The Bertz CT molecular complexity index is 1190. The van der Waals surface area contributed by atoms with Gasteiger partial charge in [-0.3, -0.25) is 14.9 Å². The summed E-state index contributed by atoms with van der Waals surface area (Å²) in [5.74, 6) is -0.624. The molecule has 34 heavy (non-hydrogen) atoms. The summed E-state index contributed by atoms with van der Waals surface area (Å²) in [6.45, 7) is 3.31. The SMILES string of the molecule is Cc1cc(NC(=O)NC(=O)c2ccccc2NC(=O)C(C)N)ccc1Oc1ncc(Br)cn1.Cl. The van der Waals surface area contributed by atoms with E-state index in [1.807, 2.05) is 0 Å². The molecule has 0 aliphatic rings. The lowest BCUT2D eigenvalue weighted by Gasteiger charge is -2.13. The molecule has 0 bridgehead atoms. The molecule has 1 unspecified atom stereocenters. The van der Waals surface area contributed by atoms with Crippen molar-refractivity contribution >= 4 is 57.6 Å². The van der Waals surface area contributed by atoms with Gasteiger partial charge in [0.1, 0.15) is 5.75 Å². The van der Waals surface area contributed by atoms with Crippen molar-refractivity contribution in [2.45, 2.75) is 19.9 Å². The maximum atomic E-state index is 12.6. The molecule has 2 aromatic carbocycles. The van der Waals surface area contributed by atoms with E-state index < -0.39 is 23.9 Å². The number of rotatable bonds is 6. The number of aryl methyl sites for hydroxylation is 1. The number of amides is 4. The highest BCUT2D eigenvalue weighted by Crippen LogP contribution is 2.25. The molecule has 0 aliphatic heterocycles. The van der Waals surface area contributed by atoms with Gasteiger partial charge in [0.15, 0.2) is 0 Å². The highest BCUT2D eigenvalue weighted by Gasteiger charge is 2.17. The maximum Gasteiger partial charge on any atom is 0.326 e. The third-order valence-corrected chi connectivity index (χ3v) is 4.71. The normalized spacial score (nSPS) is 10.9. The first-order valence-electron chi connectivity index (χ1n) is 9.77. The van der Waals surface area contributed by atoms with Crippen LogP contribution in [0.5, 0.6) is 11.8 Å². The monoisotopic (exact) mass is 548 g/mol. The van der Waals surface area contributed by atoms with Crippen molar-refractivity contribution in [2.24, 2.45) is 5.73 Å². The van der Waals surface area contributed by atoms with Gasteiger partial charge in [0, 0.05) is 18.1 Å². The van der Waals surface area contributed by atoms with E-state index in [1.54, 1.807) is 55.7 Å². The van der Waals surface area contributed by atoms with Crippen LogP contribution < -0.4 is 26.4 Å². The molecule has 10 nitrogen and oxygen atoms in total. The Morgan fingerprint density at radius 1 is 1.06 bits per heavy atom. The lowest BCUT2D eigenvalue weighted by molar-refractivity contribution is -0.117. The van der Waals surface area contributed by atoms with Crippen molar-refractivity contribution in [1.29, 1.82) is 0 Å². The molecule has 178 valence electrons. The van der Waals surface area contributed by atoms with Crippen molar-refractivity contribution in [3.05, 3.63) is 70.5 Å². The van der Waals surface area contributed by atoms with Crippen molar-refractivity contribution in [3.8, 4) is 11.8 Å². The van der Waals surface area contributed by atoms with Gasteiger partial charge in [0.2, 0.25) is 5.91 Å². The van der Waals surface area contributed by atoms with Gasteiger partial charge in [-0.15, -0.1) is 12.4 Å². The Morgan fingerprint density at radius 3 is 2.38 bits per heavy atom. The molecule has 0 saturated heterocycles. The first kappa shape index (κ1) is 26.7. The zero-order valence-electron chi connectivity index (χ0n) is 18.2. The van der Waals surface area contributed by atoms with Gasteiger partial charge in [-0.1, -0.05) is 12.1 Å². The second-order valence-electron chi connectivity index (χ2n) is 7.00. The zero-order valence-corrected chi connectivity index (χ0v) is 20.6. The number of hydrogen-bond acceptors (Lipinski definition) is 7. The highest BCUT2D eigenvalue weighted by molar-refractivity contribution is 9.10. The molecular formula is C22H22BrClN6O4. The van der Waals surface area contributed by atoms with Gasteiger partial charge in [0.05, 0.1) is 21.8 Å². The zero-order chi connectivity index (χ0) is 24.0. The molecule has 3 aromatic rings. The third kappa shape index (κ3) is 7.24. The van der Waals surface area contributed by atoms with Gasteiger partial charge in [0.25, 0.3) is 5.91 Å². The van der Waals surface area contributed by atoms with Gasteiger partial charge < -0.3 is 21.1 Å². The number of halogens is 2. The van der Waals surface area contributed by atoms with E-state index in [0.717, 1.165) is 10.0 Å². The summed E-state index contributed by atoms with van der Waals surface area (Å²) in [6, 6.07) is 9.93. The number of imide groups is 1. The summed E-state index contributed by atoms with van der Waals surface area (Å²) in [6.07, 6.45) is 3.13. The number of aromatic nitrogens is 2. The van der Waals surface area contributed by atoms with Crippen LogP contribution in [0.25, 0.3) is 0 Å². The summed E-state index contributed by atoms with van der Waals surface area (Å²) < 4.78 is 6.37. The minimum absolute atomic E-state index is 0. The van der Waals surface area contributed by atoms with Crippen LogP contribution in [0.4, 0.5) is 16.2 Å². The van der Waals surface area contributed by atoms with Crippen molar-refractivity contribution in [2.75, 3.05) is 10.6 Å². The van der Waals surface area contributed by atoms with E-state index in [1.165, 1.54) is 13.0 Å². The summed E-state index contributed by atoms with van der Waals surface area (Å²) in [5, 5.41) is 7.40. The summed E-state index contributed by atoms with van der Waals surface area (Å²) in [7, 11) is 0. The van der Waals surface area contributed by atoms with Crippen LogP contribution >= 0.6 is 28.3 Å². The molecule has 12 heteroatoms. The molecule has 0 fully saturated rings. The Labute approximate surface area is 210 Å². The molecule has 5 N–H and O–H groups in total. The van der Waals surface area contributed by atoms with Gasteiger partial charge >= 0.3 is 12.0 Å². The Hall–Kier alpha value is -3.54. The highest BCUT2D eigenvalue weighted by atomic mass is 79.9. The molecule has 4 amide bonds. The van der Waals surface area contributed by atoms with E-state index in [2.05, 4.69) is 41.8 Å². The number of nitrogens with two attached hydrogens (primary N) is 1.